The molecule has 0 atom stereocenters. The number of rotatable bonds is 0. The minimum absolute atomic E-state index is 0.742. The molecule has 0 radical (unpaired) electrons. The number of pyridine rings is 1. The Balaban J connectivity index is 2.30. The van der Waals surface area contributed by atoms with Crippen LogP contribution >= 0.6 is 0 Å². The van der Waals surface area contributed by atoms with Crippen LogP contribution in [0.4, 0.5) is 0 Å². The molecule has 2 heteroatoms. The topological polar surface area (TPSA) is 22.1 Å². The Hall–Kier alpha value is -1.83. The van der Waals surface area contributed by atoms with Gasteiger partial charge in [-0.2, -0.15) is 0 Å². The van der Waals surface area contributed by atoms with Crippen molar-refractivity contribution < 1.29 is 4.74 Å². The van der Waals surface area contributed by atoms with Gasteiger partial charge >= 0.3 is 0 Å². The molecule has 0 amide bonds. The lowest BCUT2D eigenvalue weighted by Crippen LogP contribution is -1.98. The monoisotopic (exact) mass is 183 g/mol. The molecule has 2 nitrogen and oxygen atoms in total. The average Bonchev–Trinajstić information content (AvgIpc) is 2.26. The zero-order valence-corrected chi connectivity index (χ0v) is 7.60. The zero-order valence-electron chi connectivity index (χ0n) is 7.60. The predicted octanol–water partition coefficient (Wildman–Crippen LogP) is 2.68. The lowest BCUT2D eigenvalue weighted by atomic mass is 10.1. The Kier molecular flexibility index (Phi) is 1.53. The number of ether oxygens (including phenoxy) is 1. The van der Waals surface area contributed by atoms with E-state index in [4.69, 9.17) is 4.74 Å². The molecular formula is C12H9NO. The maximum atomic E-state index is 5.34. The summed E-state index contributed by atoms with van der Waals surface area (Å²) in [7, 11) is 0. The van der Waals surface area contributed by atoms with Crippen molar-refractivity contribution in [1.82, 2.24) is 4.98 Å². The van der Waals surface area contributed by atoms with Crippen molar-refractivity contribution in [2.45, 2.75) is 6.42 Å². The lowest BCUT2D eigenvalue weighted by Gasteiger charge is -2.11. The van der Waals surface area contributed by atoms with Crippen molar-refractivity contribution in [3.63, 3.8) is 0 Å². The molecule has 0 aliphatic carbocycles. The molecule has 1 aromatic carbocycles. The molecule has 2 aromatic rings. The Morgan fingerprint density at radius 2 is 2.14 bits per heavy atom. The normalized spacial score (nSPS) is 13.7. The molecule has 0 fully saturated rings. The van der Waals surface area contributed by atoms with Crippen molar-refractivity contribution in [3.8, 4) is 5.88 Å². The van der Waals surface area contributed by atoms with Gasteiger partial charge in [-0.3, -0.25) is 0 Å². The molecule has 0 bridgehead atoms. The second-order valence-corrected chi connectivity index (χ2v) is 3.34. The second-order valence-electron chi connectivity index (χ2n) is 3.34. The van der Waals surface area contributed by atoms with Crippen molar-refractivity contribution in [1.29, 1.82) is 0 Å². The Morgan fingerprint density at radius 1 is 1.21 bits per heavy atom. The molecule has 3 rings (SSSR count). The summed E-state index contributed by atoms with van der Waals surface area (Å²) in [6, 6.07) is 10.2. The number of aromatic nitrogens is 1. The SMILES string of the molecule is C1=COc2nc3ccccc3cc2C1. The van der Waals surface area contributed by atoms with Gasteiger partial charge in [-0.1, -0.05) is 18.2 Å². The molecule has 1 aromatic heterocycles. The van der Waals surface area contributed by atoms with Crippen molar-refractivity contribution in [3.05, 3.63) is 48.2 Å². The van der Waals surface area contributed by atoms with Crippen LogP contribution in [0.3, 0.4) is 0 Å². The molecule has 1 aliphatic heterocycles. The maximum absolute atomic E-state index is 5.34. The third-order valence-corrected chi connectivity index (χ3v) is 2.38. The van der Waals surface area contributed by atoms with Gasteiger partial charge in [0.2, 0.25) is 5.88 Å². The highest BCUT2D eigenvalue weighted by molar-refractivity contribution is 5.80. The summed E-state index contributed by atoms with van der Waals surface area (Å²) in [6.07, 6.45) is 4.61. The van der Waals surface area contributed by atoms with Crippen LogP contribution in [-0.4, -0.2) is 4.98 Å². The van der Waals surface area contributed by atoms with Gasteiger partial charge in [0.25, 0.3) is 0 Å². The van der Waals surface area contributed by atoms with E-state index in [0.29, 0.717) is 0 Å². The minimum Gasteiger partial charge on any atom is -0.447 e. The Labute approximate surface area is 81.8 Å². The van der Waals surface area contributed by atoms with Crippen LogP contribution in [0.5, 0.6) is 5.88 Å². The molecule has 0 saturated carbocycles. The van der Waals surface area contributed by atoms with E-state index in [2.05, 4.69) is 17.1 Å². The van der Waals surface area contributed by atoms with E-state index < -0.39 is 0 Å². The third-order valence-electron chi connectivity index (χ3n) is 2.38. The highest BCUT2D eigenvalue weighted by atomic mass is 16.5. The molecule has 0 N–H and O–H groups in total. The number of hydrogen-bond donors (Lipinski definition) is 0. The minimum atomic E-state index is 0.742. The molecule has 2 heterocycles. The summed E-state index contributed by atoms with van der Waals surface area (Å²) < 4.78 is 5.34. The molecule has 14 heavy (non-hydrogen) atoms. The van der Waals surface area contributed by atoms with Crippen LogP contribution in [0.2, 0.25) is 0 Å². The third kappa shape index (κ3) is 1.08. The fourth-order valence-corrected chi connectivity index (χ4v) is 1.68. The largest absolute Gasteiger partial charge is 0.447 e. The molecule has 0 saturated heterocycles. The van der Waals surface area contributed by atoms with E-state index in [1.807, 2.05) is 24.3 Å². The highest BCUT2D eigenvalue weighted by Gasteiger charge is 2.08. The van der Waals surface area contributed by atoms with Crippen molar-refractivity contribution in [2.75, 3.05) is 0 Å². The summed E-state index contributed by atoms with van der Waals surface area (Å²) in [5.74, 6) is 0.742. The first-order chi connectivity index (χ1) is 6.93. The first-order valence-corrected chi connectivity index (χ1v) is 4.64. The number of allylic oxidation sites excluding steroid dienone is 1. The van der Waals surface area contributed by atoms with E-state index in [-0.39, 0.29) is 0 Å². The van der Waals surface area contributed by atoms with E-state index in [1.165, 1.54) is 5.39 Å². The standard InChI is InChI=1S/C12H9NO/c1-2-6-11-9(4-1)8-10-5-3-7-14-12(10)13-11/h1-4,6-8H,5H2. The second kappa shape index (κ2) is 2.84. The van der Waals surface area contributed by atoms with Crippen LogP contribution < -0.4 is 4.74 Å². The Morgan fingerprint density at radius 3 is 3.14 bits per heavy atom. The predicted molar refractivity (Wildman–Crippen MR) is 55.2 cm³/mol. The van der Waals surface area contributed by atoms with E-state index >= 15 is 0 Å². The summed E-state index contributed by atoms with van der Waals surface area (Å²) in [5.41, 5.74) is 2.15. The number of fused-ring (bicyclic) bond motifs is 2. The van der Waals surface area contributed by atoms with Gasteiger partial charge in [-0.25, -0.2) is 4.98 Å². The highest BCUT2D eigenvalue weighted by Crippen LogP contribution is 2.25. The zero-order chi connectivity index (χ0) is 9.38. The summed E-state index contributed by atoms with van der Waals surface area (Å²) in [6.45, 7) is 0. The van der Waals surface area contributed by atoms with Gasteiger partial charge in [0.05, 0.1) is 11.8 Å². The molecule has 0 unspecified atom stereocenters. The molecule has 0 spiro atoms. The fraction of sp³-hybridized carbons (Fsp3) is 0.0833. The number of hydrogen-bond acceptors (Lipinski definition) is 2. The van der Waals surface area contributed by atoms with Crippen LogP contribution in [0.15, 0.2) is 42.7 Å². The lowest BCUT2D eigenvalue weighted by molar-refractivity contribution is 0.447. The smallest absolute Gasteiger partial charge is 0.222 e. The summed E-state index contributed by atoms with van der Waals surface area (Å²) in [4.78, 5) is 4.44. The van der Waals surface area contributed by atoms with Gasteiger partial charge in [0.1, 0.15) is 0 Å². The Bertz CT molecular complexity index is 470. The molecule has 1 aliphatic rings. The van der Waals surface area contributed by atoms with Gasteiger partial charge in [-0.05, 0) is 24.6 Å². The van der Waals surface area contributed by atoms with Crippen LogP contribution in [0.1, 0.15) is 5.56 Å². The van der Waals surface area contributed by atoms with E-state index in [1.54, 1.807) is 6.26 Å². The van der Waals surface area contributed by atoms with Crippen molar-refractivity contribution >= 4 is 10.9 Å². The maximum Gasteiger partial charge on any atom is 0.222 e. The fourth-order valence-electron chi connectivity index (χ4n) is 1.68. The van der Waals surface area contributed by atoms with Gasteiger partial charge in [0, 0.05) is 10.9 Å². The summed E-state index contributed by atoms with van der Waals surface area (Å²) >= 11 is 0. The average molecular weight is 183 g/mol. The first kappa shape index (κ1) is 7.56. The molecule has 68 valence electrons. The number of benzene rings is 1. The number of para-hydroxylation sites is 1. The van der Waals surface area contributed by atoms with Crippen LogP contribution in [0, 0.1) is 0 Å². The van der Waals surface area contributed by atoms with Gasteiger partial charge in [-0.15, -0.1) is 0 Å². The van der Waals surface area contributed by atoms with Crippen LogP contribution in [-0.2, 0) is 6.42 Å². The molecular weight excluding hydrogens is 174 g/mol. The van der Waals surface area contributed by atoms with Crippen LogP contribution in [0.25, 0.3) is 10.9 Å². The number of nitrogens with zero attached hydrogens (tertiary/aromatic N) is 1. The first-order valence-electron chi connectivity index (χ1n) is 4.64. The van der Waals surface area contributed by atoms with Gasteiger partial charge in [0.15, 0.2) is 0 Å². The quantitative estimate of drug-likeness (QED) is 0.626. The van der Waals surface area contributed by atoms with E-state index in [0.717, 1.165) is 23.4 Å². The van der Waals surface area contributed by atoms with Crippen molar-refractivity contribution in [2.24, 2.45) is 0 Å². The van der Waals surface area contributed by atoms with Gasteiger partial charge < -0.3 is 4.74 Å². The summed E-state index contributed by atoms with van der Waals surface area (Å²) in [5, 5.41) is 1.17. The van der Waals surface area contributed by atoms with E-state index in [9.17, 15) is 0 Å².